The van der Waals surface area contributed by atoms with Crippen molar-refractivity contribution in [2.75, 3.05) is 20.1 Å². The summed E-state index contributed by atoms with van der Waals surface area (Å²) in [5, 5.41) is 0. The number of hydrogen-bond acceptors (Lipinski definition) is 1. The molecule has 1 heterocycles. The third kappa shape index (κ3) is 2.79. The molecule has 0 spiro atoms. The van der Waals surface area contributed by atoms with Gasteiger partial charge < -0.3 is 4.90 Å². The van der Waals surface area contributed by atoms with E-state index < -0.39 is 11.6 Å². The van der Waals surface area contributed by atoms with Crippen molar-refractivity contribution < 1.29 is 8.78 Å². The Balaban J connectivity index is 1.96. The highest BCUT2D eigenvalue weighted by Crippen LogP contribution is 2.21. The largest absolute Gasteiger partial charge is 0.306 e. The predicted octanol–water partition coefficient (Wildman–Crippen LogP) is 2.85. The van der Waals surface area contributed by atoms with Gasteiger partial charge in [-0.25, -0.2) is 8.78 Å². The Hall–Kier alpha value is -0.960. The highest BCUT2D eigenvalue weighted by molar-refractivity contribution is 5.18. The smallest absolute Gasteiger partial charge is 0.159 e. The minimum Gasteiger partial charge on any atom is -0.306 e. The molecular formula is C13H17F2N. The molecule has 1 fully saturated rings. The standard InChI is InChI=1S/C13H17F2N/c1-16-6-4-10(5-7-16)8-11-2-3-12(14)13(15)9-11/h2-3,9-10H,4-8H2,1H3. The fourth-order valence-corrected chi connectivity index (χ4v) is 2.27. The summed E-state index contributed by atoms with van der Waals surface area (Å²) in [6.07, 6.45) is 3.16. The number of piperidine rings is 1. The van der Waals surface area contributed by atoms with Crippen molar-refractivity contribution in [3.63, 3.8) is 0 Å². The molecule has 0 atom stereocenters. The van der Waals surface area contributed by atoms with E-state index in [1.165, 1.54) is 12.1 Å². The minimum absolute atomic E-state index is 0.612. The number of nitrogens with zero attached hydrogens (tertiary/aromatic N) is 1. The lowest BCUT2D eigenvalue weighted by Crippen LogP contribution is -2.30. The van der Waals surface area contributed by atoms with E-state index in [4.69, 9.17) is 0 Å². The molecule has 0 bridgehead atoms. The van der Waals surface area contributed by atoms with Gasteiger partial charge in [0, 0.05) is 0 Å². The first-order chi connectivity index (χ1) is 7.65. The molecule has 0 radical (unpaired) electrons. The number of hydrogen-bond donors (Lipinski definition) is 0. The number of rotatable bonds is 2. The van der Waals surface area contributed by atoms with Gasteiger partial charge in [0.1, 0.15) is 0 Å². The van der Waals surface area contributed by atoms with Crippen LogP contribution in [0.3, 0.4) is 0 Å². The van der Waals surface area contributed by atoms with Crippen LogP contribution in [0.25, 0.3) is 0 Å². The Morgan fingerprint density at radius 1 is 1.19 bits per heavy atom. The van der Waals surface area contributed by atoms with Crippen molar-refractivity contribution in [3.8, 4) is 0 Å². The van der Waals surface area contributed by atoms with Gasteiger partial charge >= 0.3 is 0 Å². The fourth-order valence-electron chi connectivity index (χ4n) is 2.27. The topological polar surface area (TPSA) is 3.24 Å². The summed E-state index contributed by atoms with van der Waals surface area (Å²) in [6.45, 7) is 2.21. The summed E-state index contributed by atoms with van der Waals surface area (Å²) in [5.74, 6) is -0.876. The molecule has 1 saturated heterocycles. The molecule has 1 aromatic rings. The summed E-state index contributed by atoms with van der Waals surface area (Å²) in [7, 11) is 2.12. The van der Waals surface area contributed by atoms with E-state index in [2.05, 4.69) is 11.9 Å². The fraction of sp³-hybridized carbons (Fsp3) is 0.538. The molecule has 2 rings (SSSR count). The molecule has 88 valence electrons. The summed E-state index contributed by atoms with van der Waals surface area (Å²) in [6, 6.07) is 4.24. The zero-order chi connectivity index (χ0) is 11.5. The summed E-state index contributed by atoms with van der Waals surface area (Å²) in [4.78, 5) is 2.31. The molecular weight excluding hydrogens is 208 g/mol. The monoisotopic (exact) mass is 225 g/mol. The van der Waals surface area contributed by atoms with Crippen LogP contribution in [0.15, 0.2) is 18.2 Å². The lowest BCUT2D eigenvalue weighted by molar-refractivity contribution is 0.219. The van der Waals surface area contributed by atoms with E-state index >= 15 is 0 Å². The molecule has 0 unspecified atom stereocenters. The Morgan fingerprint density at radius 3 is 2.50 bits per heavy atom. The van der Waals surface area contributed by atoms with Gasteiger partial charge in [-0.15, -0.1) is 0 Å². The van der Waals surface area contributed by atoms with Gasteiger partial charge in [0.05, 0.1) is 0 Å². The first kappa shape index (κ1) is 11.5. The van der Waals surface area contributed by atoms with E-state index in [0.29, 0.717) is 5.92 Å². The second-order valence-electron chi connectivity index (χ2n) is 4.70. The van der Waals surface area contributed by atoms with Gasteiger partial charge in [-0.2, -0.15) is 0 Å². The molecule has 1 aromatic carbocycles. The SMILES string of the molecule is CN1CCC(Cc2ccc(F)c(F)c2)CC1. The maximum absolute atomic E-state index is 13.0. The minimum atomic E-state index is -0.757. The Morgan fingerprint density at radius 2 is 1.88 bits per heavy atom. The van der Waals surface area contributed by atoms with E-state index in [1.54, 1.807) is 6.07 Å². The normalized spacial score (nSPS) is 18.9. The highest BCUT2D eigenvalue weighted by Gasteiger charge is 2.17. The van der Waals surface area contributed by atoms with Crippen LogP contribution >= 0.6 is 0 Å². The van der Waals surface area contributed by atoms with Crippen molar-refractivity contribution in [1.29, 1.82) is 0 Å². The molecule has 1 nitrogen and oxygen atoms in total. The van der Waals surface area contributed by atoms with Crippen LogP contribution < -0.4 is 0 Å². The third-order valence-electron chi connectivity index (χ3n) is 3.35. The first-order valence-electron chi connectivity index (χ1n) is 5.77. The molecule has 0 aliphatic carbocycles. The van der Waals surface area contributed by atoms with Gasteiger partial charge in [-0.05, 0) is 63.0 Å². The third-order valence-corrected chi connectivity index (χ3v) is 3.35. The van der Waals surface area contributed by atoms with Crippen LogP contribution in [0, 0.1) is 17.6 Å². The van der Waals surface area contributed by atoms with Crippen molar-refractivity contribution in [2.24, 2.45) is 5.92 Å². The number of likely N-dealkylation sites (tertiary alicyclic amines) is 1. The highest BCUT2D eigenvalue weighted by atomic mass is 19.2. The lowest BCUT2D eigenvalue weighted by Gasteiger charge is -2.28. The lowest BCUT2D eigenvalue weighted by atomic mass is 9.90. The summed E-state index contributed by atoms with van der Waals surface area (Å²) < 4.78 is 25.8. The molecule has 3 heteroatoms. The van der Waals surface area contributed by atoms with E-state index in [-0.39, 0.29) is 0 Å². The second kappa shape index (κ2) is 4.91. The second-order valence-corrected chi connectivity index (χ2v) is 4.70. The van der Waals surface area contributed by atoms with Crippen LogP contribution in [0.2, 0.25) is 0 Å². The van der Waals surface area contributed by atoms with Crippen LogP contribution in [0.4, 0.5) is 8.78 Å². The summed E-state index contributed by atoms with van der Waals surface area (Å²) in [5.41, 5.74) is 0.911. The first-order valence-corrected chi connectivity index (χ1v) is 5.77. The van der Waals surface area contributed by atoms with Gasteiger partial charge in [-0.1, -0.05) is 6.07 Å². The zero-order valence-corrected chi connectivity index (χ0v) is 9.55. The Labute approximate surface area is 95.1 Å². The Bertz CT molecular complexity index is 357. The van der Waals surface area contributed by atoms with Gasteiger partial charge in [0.15, 0.2) is 11.6 Å². The molecule has 16 heavy (non-hydrogen) atoms. The van der Waals surface area contributed by atoms with Gasteiger partial charge in [0.25, 0.3) is 0 Å². The van der Waals surface area contributed by atoms with Crippen molar-refractivity contribution >= 4 is 0 Å². The van der Waals surface area contributed by atoms with Gasteiger partial charge in [0.2, 0.25) is 0 Å². The van der Waals surface area contributed by atoms with E-state index in [0.717, 1.165) is 37.9 Å². The molecule has 0 amide bonds. The van der Waals surface area contributed by atoms with E-state index in [1.807, 2.05) is 0 Å². The van der Waals surface area contributed by atoms with Crippen LogP contribution in [-0.4, -0.2) is 25.0 Å². The van der Waals surface area contributed by atoms with Crippen LogP contribution in [0.5, 0.6) is 0 Å². The molecule has 0 N–H and O–H groups in total. The molecule has 0 aromatic heterocycles. The average molecular weight is 225 g/mol. The quantitative estimate of drug-likeness (QED) is 0.748. The molecule has 1 aliphatic heterocycles. The maximum atomic E-state index is 13.0. The van der Waals surface area contributed by atoms with Crippen molar-refractivity contribution in [3.05, 3.63) is 35.4 Å². The number of halogens is 2. The summed E-state index contributed by atoms with van der Waals surface area (Å²) >= 11 is 0. The van der Waals surface area contributed by atoms with E-state index in [9.17, 15) is 8.78 Å². The maximum Gasteiger partial charge on any atom is 0.159 e. The van der Waals surface area contributed by atoms with Crippen molar-refractivity contribution in [2.45, 2.75) is 19.3 Å². The zero-order valence-electron chi connectivity index (χ0n) is 9.55. The predicted molar refractivity (Wildman–Crippen MR) is 60.3 cm³/mol. The Kier molecular flexibility index (Phi) is 3.54. The van der Waals surface area contributed by atoms with Crippen LogP contribution in [-0.2, 0) is 6.42 Å². The molecule has 0 saturated carbocycles. The van der Waals surface area contributed by atoms with Crippen LogP contribution in [0.1, 0.15) is 18.4 Å². The number of benzene rings is 1. The molecule has 1 aliphatic rings. The van der Waals surface area contributed by atoms with Gasteiger partial charge in [-0.3, -0.25) is 0 Å². The average Bonchev–Trinajstić information content (AvgIpc) is 2.27. The van der Waals surface area contributed by atoms with Crippen molar-refractivity contribution in [1.82, 2.24) is 4.90 Å².